The molecule has 0 amide bonds. The molecule has 2 heteroatoms. The van der Waals surface area contributed by atoms with Crippen LogP contribution in [0.5, 0.6) is 0 Å². The zero-order valence-corrected chi connectivity index (χ0v) is 8.63. The molecule has 0 aliphatic carbocycles. The summed E-state index contributed by atoms with van der Waals surface area (Å²) in [6.07, 6.45) is 0. The zero-order valence-electron chi connectivity index (χ0n) is 8.63. The van der Waals surface area contributed by atoms with Crippen molar-refractivity contribution in [1.82, 2.24) is 0 Å². The average molecular weight is 170 g/mol. The number of nitrogens with zero attached hydrogens (tertiary/aromatic N) is 1. The van der Waals surface area contributed by atoms with Crippen LogP contribution in [0.25, 0.3) is 0 Å². The van der Waals surface area contributed by atoms with Crippen LogP contribution >= 0.6 is 0 Å². The van der Waals surface area contributed by atoms with E-state index < -0.39 is 0 Å². The van der Waals surface area contributed by atoms with E-state index in [0.29, 0.717) is 11.8 Å². The molecular formula is C10H20NO. The second-order valence-electron chi connectivity index (χ2n) is 3.62. The van der Waals surface area contributed by atoms with Gasteiger partial charge in [-0.2, -0.15) is 0 Å². The molecule has 1 aliphatic rings. The highest BCUT2D eigenvalue weighted by molar-refractivity contribution is 5.79. The van der Waals surface area contributed by atoms with Crippen molar-refractivity contribution in [2.75, 3.05) is 13.2 Å². The average Bonchev–Trinajstić information content (AvgIpc) is 2.34. The van der Waals surface area contributed by atoms with Gasteiger partial charge >= 0.3 is 0 Å². The molecule has 1 radical (unpaired) electrons. The van der Waals surface area contributed by atoms with E-state index in [1.54, 1.807) is 0 Å². The lowest BCUT2D eigenvalue weighted by molar-refractivity contribution is 0.328. The summed E-state index contributed by atoms with van der Waals surface area (Å²) in [6, 6.07) is 0. The summed E-state index contributed by atoms with van der Waals surface area (Å²) in [5, 5.41) is 0. The summed E-state index contributed by atoms with van der Waals surface area (Å²) in [6.45, 7) is 13.6. The molecule has 0 aromatic carbocycles. The SMILES string of the molecule is CC(C)C1=NCCO1.[CH2]C(C)C. The predicted molar refractivity (Wildman–Crippen MR) is 53.3 cm³/mol. The molecule has 12 heavy (non-hydrogen) atoms. The molecule has 1 aliphatic heterocycles. The fraction of sp³-hybridized carbons (Fsp3) is 0.800. The molecule has 0 aromatic rings. The molecule has 0 bridgehead atoms. The highest BCUT2D eigenvalue weighted by Crippen LogP contribution is 2.03. The number of rotatable bonds is 1. The standard InChI is InChI=1S/C6H11NO.C4H9/c1-5(2)6-7-3-4-8-6;1-4(2)3/h5H,3-4H2,1-2H3;4H,1H2,2-3H3. The van der Waals surface area contributed by atoms with Crippen LogP contribution in [0.15, 0.2) is 4.99 Å². The molecule has 0 aromatic heterocycles. The third-order valence-corrected chi connectivity index (χ3v) is 1.10. The van der Waals surface area contributed by atoms with Crippen LogP contribution in [0.1, 0.15) is 27.7 Å². The third kappa shape index (κ3) is 6.20. The molecular weight excluding hydrogens is 150 g/mol. The van der Waals surface area contributed by atoms with E-state index in [-0.39, 0.29) is 0 Å². The molecule has 0 saturated heterocycles. The Morgan fingerprint density at radius 3 is 2.00 bits per heavy atom. The Morgan fingerprint density at radius 1 is 1.33 bits per heavy atom. The molecule has 1 heterocycles. The minimum atomic E-state index is 0.470. The van der Waals surface area contributed by atoms with E-state index in [9.17, 15) is 0 Å². The number of ether oxygens (including phenoxy) is 1. The van der Waals surface area contributed by atoms with Gasteiger partial charge in [-0.1, -0.05) is 34.6 Å². The fourth-order valence-corrected chi connectivity index (χ4v) is 0.701. The Kier molecular flexibility index (Phi) is 5.77. The molecule has 2 nitrogen and oxygen atoms in total. The van der Waals surface area contributed by atoms with E-state index in [0.717, 1.165) is 19.0 Å². The van der Waals surface area contributed by atoms with Gasteiger partial charge < -0.3 is 4.74 Å². The lowest BCUT2D eigenvalue weighted by Gasteiger charge is -2.01. The predicted octanol–water partition coefficient (Wildman–Crippen LogP) is 2.55. The van der Waals surface area contributed by atoms with Crippen molar-refractivity contribution >= 4 is 5.90 Å². The monoisotopic (exact) mass is 170 g/mol. The maximum Gasteiger partial charge on any atom is 0.186 e. The Labute approximate surface area is 76.0 Å². The van der Waals surface area contributed by atoms with Gasteiger partial charge in [0, 0.05) is 5.92 Å². The van der Waals surface area contributed by atoms with Crippen molar-refractivity contribution in [2.45, 2.75) is 27.7 Å². The van der Waals surface area contributed by atoms with Gasteiger partial charge in [0.1, 0.15) is 6.61 Å². The largest absolute Gasteiger partial charge is 0.479 e. The summed E-state index contributed by atoms with van der Waals surface area (Å²) >= 11 is 0. The number of hydrogen-bond acceptors (Lipinski definition) is 2. The quantitative estimate of drug-likeness (QED) is 0.592. The van der Waals surface area contributed by atoms with E-state index in [1.165, 1.54) is 0 Å². The molecule has 0 atom stereocenters. The van der Waals surface area contributed by atoms with Crippen LogP contribution in [-0.4, -0.2) is 19.0 Å². The minimum absolute atomic E-state index is 0.470. The van der Waals surface area contributed by atoms with Crippen LogP contribution in [-0.2, 0) is 4.74 Å². The molecule has 71 valence electrons. The van der Waals surface area contributed by atoms with Crippen LogP contribution in [0, 0.1) is 18.8 Å². The maximum atomic E-state index is 5.16. The summed E-state index contributed by atoms with van der Waals surface area (Å²) < 4.78 is 5.16. The molecule has 0 unspecified atom stereocenters. The second kappa shape index (κ2) is 6.04. The summed E-state index contributed by atoms with van der Waals surface area (Å²) in [5.41, 5.74) is 0. The summed E-state index contributed by atoms with van der Waals surface area (Å²) in [7, 11) is 0. The van der Waals surface area contributed by atoms with E-state index in [1.807, 2.05) is 0 Å². The minimum Gasteiger partial charge on any atom is -0.479 e. The Balaban J connectivity index is 0.000000261. The smallest absolute Gasteiger partial charge is 0.186 e. The van der Waals surface area contributed by atoms with Crippen LogP contribution in [0.3, 0.4) is 0 Å². The van der Waals surface area contributed by atoms with Gasteiger partial charge in [0.2, 0.25) is 0 Å². The van der Waals surface area contributed by atoms with E-state index >= 15 is 0 Å². The summed E-state index contributed by atoms with van der Waals surface area (Å²) in [5.74, 6) is 1.97. The third-order valence-electron chi connectivity index (χ3n) is 1.10. The highest BCUT2D eigenvalue weighted by Gasteiger charge is 2.09. The molecule has 0 saturated carbocycles. The maximum absolute atomic E-state index is 5.16. The number of hydrogen-bond donors (Lipinski definition) is 0. The van der Waals surface area contributed by atoms with Crippen LogP contribution < -0.4 is 0 Å². The first-order chi connectivity index (χ1) is 5.54. The van der Waals surface area contributed by atoms with Gasteiger partial charge in [0.15, 0.2) is 5.90 Å². The van der Waals surface area contributed by atoms with Crippen molar-refractivity contribution in [1.29, 1.82) is 0 Å². The molecule has 0 N–H and O–H groups in total. The normalized spacial score (nSPS) is 15.4. The van der Waals surface area contributed by atoms with Crippen LogP contribution in [0.4, 0.5) is 0 Å². The van der Waals surface area contributed by atoms with Crippen molar-refractivity contribution in [3.63, 3.8) is 0 Å². The molecule has 0 spiro atoms. The number of aliphatic imine (C=N–C) groups is 1. The van der Waals surface area contributed by atoms with Gasteiger partial charge in [-0.25, -0.2) is 0 Å². The Hall–Kier alpha value is -0.530. The molecule has 1 rings (SSSR count). The highest BCUT2D eigenvalue weighted by atomic mass is 16.5. The second-order valence-corrected chi connectivity index (χ2v) is 3.62. The fourth-order valence-electron chi connectivity index (χ4n) is 0.701. The Bertz CT molecular complexity index is 136. The Morgan fingerprint density at radius 2 is 1.83 bits per heavy atom. The van der Waals surface area contributed by atoms with Gasteiger partial charge in [-0.3, -0.25) is 4.99 Å². The molecule has 0 fully saturated rings. The first-order valence-electron chi connectivity index (χ1n) is 4.54. The van der Waals surface area contributed by atoms with Gasteiger partial charge in [0.05, 0.1) is 6.54 Å². The van der Waals surface area contributed by atoms with Crippen molar-refractivity contribution in [2.24, 2.45) is 16.8 Å². The van der Waals surface area contributed by atoms with Crippen LogP contribution in [0.2, 0.25) is 0 Å². The topological polar surface area (TPSA) is 21.6 Å². The van der Waals surface area contributed by atoms with Gasteiger partial charge in [-0.05, 0) is 5.92 Å². The van der Waals surface area contributed by atoms with Gasteiger partial charge in [-0.15, -0.1) is 0 Å². The van der Waals surface area contributed by atoms with E-state index in [2.05, 4.69) is 39.6 Å². The zero-order chi connectivity index (χ0) is 9.56. The first kappa shape index (κ1) is 11.5. The van der Waals surface area contributed by atoms with E-state index in [4.69, 9.17) is 4.74 Å². The van der Waals surface area contributed by atoms with Gasteiger partial charge in [0.25, 0.3) is 0 Å². The van der Waals surface area contributed by atoms with Crippen molar-refractivity contribution in [3.05, 3.63) is 6.92 Å². The lowest BCUT2D eigenvalue weighted by Crippen LogP contribution is -2.06. The van der Waals surface area contributed by atoms with Crippen molar-refractivity contribution < 1.29 is 4.74 Å². The lowest BCUT2D eigenvalue weighted by atomic mass is 10.2. The first-order valence-corrected chi connectivity index (χ1v) is 4.54. The summed E-state index contributed by atoms with van der Waals surface area (Å²) in [4.78, 5) is 4.13. The van der Waals surface area contributed by atoms with Crippen molar-refractivity contribution in [3.8, 4) is 0 Å².